The lowest BCUT2D eigenvalue weighted by Crippen LogP contribution is -2.04. The predicted molar refractivity (Wildman–Crippen MR) is 91.6 cm³/mol. The van der Waals surface area contributed by atoms with Crippen LogP contribution in [0.4, 0.5) is 11.5 Å². The summed E-state index contributed by atoms with van der Waals surface area (Å²) in [6, 6.07) is 4.95. The van der Waals surface area contributed by atoms with Gasteiger partial charge in [-0.25, -0.2) is 9.48 Å². The Morgan fingerprint density at radius 3 is 2.88 bits per heavy atom. The van der Waals surface area contributed by atoms with Crippen molar-refractivity contribution < 1.29 is 14.6 Å². The van der Waals surface area contributed by atoms with Crippen LogP contribution in [-0.4, -0.2) is 27.5 Å². The van der Waals surface area contributed by atoms with Gasteiger partial charge >= 0.3 is 5.97 Å². The zero-order chi connectivity index (χ0) is 17.3. The van der Waals surface area contributed by atoms with Gasteiger partial charge in [-0.05, 0) is 26.0 Å². The summed E-state index contributed by atoms with van der Waals surface area (Å²) < 4.78 is 7.35. The fraction of sp³-hybridized carbons (Fsp3) is 0.250. The molecular weight excluding hydrogens is 328 g/mol. The number of phenols is 1. The van der Waals surface area contributed by atoms with E-state index in [-0.39, 0.29) is 17.9 Å². The number of aromatic nitrogens is 2. The van der Waals surface area contributed by atoms with Crippen LogP contribution in [0, 0.1) is 6.92 Å². The molecule has 0 saturated carbocycles. The van der Waals surface area contributed by atoms with Gasteiger partial charge < -0.3 is 9.84 Å². The van der Waals surface area contributed by atoms with Gasteiger partial charge in [-0.2, -0.15) is 5.10 Å². The molecule has 0 saturated heterocycles. The van der Waals surface area contributed by atoms with Gasteiger partial charge in [-0.1, -0.05) is 0 Å². The topological polar surface area (TPSA) is 89.1 Å². The van der Waals surface area contributed by atoms with Crippen LogP contribution in [0.25, 0.3) is 10.1 Å². The first-order valence-electron chi connectivity index (χ1n) is 7.34. The number of hydrogen-bond acceptors (Lipinski definition) is 7. The van der Waals surface area contributed by atoms with Crippen molar-refractivity contribution in [2.24, 2.45) is 17.3 Å². The third-order valence-electron chi connectivity index (χ3n) is 3.43. The Morgan fingerprint density at radius 2 is 2.21 bits per heavy atom. The Morgan fingerprint density at radius 1 is 1.42 bits per heavy atom. The van der Waals surface area contributed by atoms with Gasteiger partial charge in [-0.3, -0.25) is 0 Å². The van der Waals surface area contributed by atoms with Crippen LogP contribution in [0.2, 0.25) is 0 Å². The molecule has 2 aromatic heterocycles. The maximum Gasteiger partial charge on any atom is 0.340 e. The third-order valence-corrected chi connectivity index (χ3v) is 4.48. The molecule has 0 aliphatic rings. The van der Waals surface area contributed by atoms with Crippen LogP contribution in [0.15, 0.2) is 34.6 Å². The van der Waals surface area contributed by atoms with E-state index in [1.807, 2.05) is 13.0 Å². The van der Waals surface area contributed by atoms with E-state index >= 15 is 0 Å². The maximum absolute atomic E-state index is 12.2. The van der Waals surface area contributed by atoms with Gasteiger partial charge in [0.1, 0.15) is 11.4 Å². The number of thiophene rings is 1. The van der Waals surface area contributed by atoms with Crippen molar-refractivity contribution in [2.45, 2.75) is 13.8 Å². The highest BCUT2D eigenvalue weighted by Crippen LogP contribution is 2.42. The Hall–Kier alpha value is -2.74. The second-order valence-electron chi connectivity index (χ2n) is 5.13. The fourth-order valence-electron chi connectivity index (χ4n) is 2.32. The first-order valence-corrected chi connectivity index (χ1v) is 8.16. The molecule has 0 atom stereocenters. The molecule has 0 bridgehead atoms. The molecule has 7 nitrogen and oxygen atoms in total. The maximum atomic E-state index is 12.2. The second kappa shape index (κ2) is 6.40. The Kier molecular flexibility index (Phi) is 4.30. The lowest BCUT2D eigenvalue weighted by atomic mass is 10.1. The Bertz CT molecular complexity index is 942. The first kappa shape index (κ1) is 16.1. The summed E-state index contributed by atoms with van der Waals surface area (Å²) in [5.74, 6) is 0.0379. The quantitative estimate of drug-likeness (QED) is 0.566. The van der Waals surface area contributed by atoms with Crippen molar-refractivity contribution >= 4 is 38.9 Å². The van der Waals surface area contributed by atoms with Crippen molar-refractivity contribution in [3.63, 3.8) is 0 Å². The number of esters is 1. The van der Waals surface area contributed by atoms with E-state index in [0.29, 0.717) is 21.6 Å². The number of carbonyl (C=O) groups is 1. The number of nitrogens with zero attached hydrogens (tertiary/aromatic N) is 4. The Labute approximate surface area is 142 Å². The highest BCUT2D eigenvalue weighted by molar-refractivity contribution is 7.19. The van der Waals surface area contributed by atoms with Gasteiger partial charge in [0.15, 0.2) is 5.82 Å². The monoisotopic (exact) mass is 344 g/mol. The van der Waals surface area contributed by atoms with Crippen LogP contribution in [0.1, 0.15) is 22.2 Å². The molecule has 2 heterocycles. The molecule has 0 radical (unpaired) electrons. The molecule has 0 aliphatic heterocycles. The minimum atomic E-state index is -0.542. The average molecular weight is 344 g/mol. The van der Waals surface area contributed by atoms with E-state index in [1.165, 1.54) is 17.4 Å². The number of carbonyl (C=O) groups excluding carboxylic acids is 1. The van der Waals surface area contributed by atoms with E-state index in [2.05, 4.69) is 15.3 Å². The highest BCUT2D eigenvalue weighted by Gasteiger charge is 2.20. The van der Waals surface area contributed by atoms with E-state index in [4.69, 9.17) is 4.74 Å². The fourth-order valence-corrected chi connectivity index (χ4v) is 3.34. The van der Waals surface area contributed by atoms with Crippen LogP contribution < -0.4 is 0 Å². The number of benzene rings is 1. The Balaban J connectivity index is 2.20. The predicted octanol–water partition coefficient (Wildman–Crippen LogP) is 4.24. The number of rotatable bonds is 4. The van der Waals surface area contributed by atoms with Crippen molar-refractivity contribution in [3.8, 4) is 5.75 Å². The molecule has 1 aromatic carbocycles. The summed E-state index contributed by atoms with van der Waals surface area (Å²) in [4.78, 5) is 13.2. The first-order chi connectivity index (χ1) is 11.5. The van der Waals surface area contributed by atoms with Crippen molar-refractivity contribution in [2.75, 3.05) is 6.61 Å². The summed E-state index contributed by atoms with van der Waals surface area (Å²) in [6.07, 6.45) is 1.61. The molecule has 8 heteroatoms. The second-order valence-corrected chi connectivity index (χ2v) is 6.38. The molecule has 3 rings (SSSR count). The van der Waals surface area contributed by atoms with Crippen LogP contribution in [-0.2, 0) is 11.8 Å². The number of fused-ring (bicyclic) bond motifs is 1. The molecule has 0 unspecified atom stereocenters. The molecule has 1 N–H and O–H groups in total. The lowest BCUT2D eigenvalue weighted by Gasteiger charge is -2.07. The van der Waals surface area contributed by atoms with Crippen molar-refractivity contribution in [3.05, 3.63) is 34.8 Å². The normalized spacial score (nSPS) is 11.5. The zero-order valence-electron chi connectivity index (χ0n) is 13.5. The summed E-state index contributed by atoms with van der Waals surface area (Å²) in [5.41, 5.74) is 0.579. The number of ether oxygens (including phenoxy) is 1. The lowest BCUT2D eigenvalue weighted by molar-refractivity contribution is 0.0527. The summed E-state index contributed by atoms with van der Waals surface area (Å²) in [6.45, 7) is 3.89. The third kappa shape index (κ3) is 2.88. The molecular formula is C16H16N4O3S. The molecule has 0 fully saturated rings. The highest BCUT2D eigenvalue weighted by atomic mass is 32.1. The molecule has 3 aromatic rings. The summed E-state index contributed by atoms with van der Waals surface area (Å²) in [7, 11) is 1.75. The minimum Gasteiger partial charge on any atom is -0.507 e. The van der Waals surface area contributed by atoms with Gasteiger partial charge in [-0.15, -0.1) is 21.6 Å². The number of azo groups is 1. The van der Waals surface area contributed by atoms with E-state index < -0.39 is 5.97 Å². The van der Waals surface area contributed by atoms with E-state index in [9.17, 15) is 9.90 Å². The number of phenolic OH excluding ortho intramolecular Hbond substituents is 1. The zero-order valence-corrected chi connectivity index (χ0v) is 14.3. The molecule has 0 aliphatic carbocycles. The number of aryl methyl sites for hydroxylation is 2. The van der Waals surface area contributed by atoms with Gasteiger partial charge in [0.2, 0.25) is 0 Å². The number of aromatic hydroxyl groups is 1. The minimum absolute atomic E-state index is 0.0249. The summed E-state index contributed by atoms with van der Waals surface area (Å²) >= 11 is 1.44. The average Bonchev–Trinajstić information content (AvgIpc) is 3.12. The molecule has 0 spiro atoms. The van der Waals surface area contributed by atoms with Gasteiger partial charge in [0, 0.05) is 23.4 Å². The summed E-state index contributed by atoms with van der Waals surface area (Å²) in [5, 5.41) is 23.3. The standard InChI is InChI=1S/C16H16N4O3S/c1-4-23-16(22)11-8-12(21)10-7-9(2)24-15(10)14(11)19-18-13-5-6-17-20(13)3/h5-8,21H,4H2,1-3H3/b19-18+. The SMILES string of the molecule is CCOC(=O)c1cc(O)c2cc(C)sc2c1/N=N/c1ccnn1C. The van der Waals surface area contributed by atoms with Crippen LogP contribution >= 0.6 is 11.3 Å². The van der Waals surface area contributed by atoms with Crippen molar-refractivity contribution in [1.29, 1.82) is 0 Å². The number of hydrogen-bond donors (Lipinski definition) is 1. The van der Waals surface area contributed by atoms with Crippen LogP contribution in [0.5, 0.6) is 5.75 Å². The van der Waals surface area contributed by atoms with Crippen molar-refractivity contribution in [1.82, 2.24) is 9.78 Å². The molecule has 0 amide bonds. The van der Waals surface area contributed by atoms with E-state index in [1.54, 1.807) is 30.9 Å². The van der Waals surface area contributed by atoms with Gasteiger partial charge in [0.05, 0.1) is 23.1 Å². The van der Waals surface area contributed by atoms with E-state index in [0.717, 1.165) is 4.88 Å². The smallest absolute Gasteiger partial charge is 0.340 e. The largest absolute Gasteiger partial charge is 0.507 e. The molecule has 24 heavy (non-hydrogen) atoms. The molecule has 124 valence electrons. The van der Waals surface area contributed by atoms with Crippen LogP contribution in [0.3, 0.4) is 0 Å². The van der Waals surface area contributed by atoms with Gasteiger partial charge in [0.25, 0.3) is 0 Å².